The van der Waals surface area contributed by atoms with Gasteiger partial charge in [0.1, 0.15) is 6.04 Å². The molecular weight excluding hydrogens is 391 g/mol. The van der Waals surface area contributed by atoms with Crippen molar-refractivity contribution in [2.45, 2.75) is 24.4 Å². The number of carbonyl (C=O) groups is 2. The van der Waals surface area contributed by atoms with Gasteiger partial charge in [0.05, 0.1) is 5.75 Å². The SMILES string of the molecule is CNC(=O)[C@H](C)N(Cc1c(Cl)cccc1Cl)C(=O)CSc1ccccc1. The van der Waals surface area contributed by atoms with Gasteiger partial charge < -0.3 is 10.2 Å². The van der Waals surface area contributed by atoms with Crippen LogP contribution in [0.3, 0.4) is 0 Å². The molecule has 138 valence electrons. The molecule has 4 nitrogen and oxygen atoms in total. The summed E-state index contributed by atoms with van der Waals surface area (Å²) in [5.41, 5.74) is 0.629. The Labute approximate surface area is 167 Å². The molecule has 26 heavy (non-hydrogen) atoms. The summed E-state index contributed by atoms with van der Waals surface area (Å²) in [5, 5.41) is 3.52. The fourth-order valence-electron chi connectivity index (χ4n) is 2.39. The molecule has 0 fully saturated rings. The van der Waals surface area contributed by atoms with Gasteiger partial charge >= 0.3 is 0 Å². The molecule has 2 aromatic rings. The quantitative estimate of drug-likeness (QED) is 0.693. The average molecular weight is 411 g/mol. The molecule has 0 bridgehead atoms. The van der Waals surface area contributed by atoms with Crippen LogP contribution in [0, 0.1) is 0 Å². The fraction of sp³-hybridized carbons (Fsp3) is 0.263. The lowest BCUT2D eigenvalue weighted by atomic mass is 10.1. The lowest BCUT2D eigenvalue weighted by molar-refractivity contribution is -0.138. The first-order valence-electron chi connectivity index (χ1n) is 8.05. The lowest BCUT2D eigenvalue weighted by Gasteiger charge is -2.29. The molecule has 0 radical (unpaired) electrons. The number of hydrogen-bond donors (Lipinski definition) is 1. The summed E-state index contributed by atoms with van der Waals surface area (Å²) in [5.74, 6) is -0.190. The number of nitrogens with zero attached hydrogens (tertiary/aromatic N) is 1. The van der Waals surface area contributed by atoms with Gasteiger partial charge in [-0.1, -0.05) is 47.5 Å². The van der Waals surface area contributed by atoms with Crippen LogP contribution >= 0.6 is 35.0 Å². The molecule has 0 aliphatic carbocycles. The number of halogens is 2. The minimum atomic E-state index is -0.642. The van der Waals surface area contributed by atoms with Crippen LogP contribution in [0.4, 0.5) is 0 Å². The summed E-state index contributed by atoms with van der Waals surface area (Å²) in [6, 6.07) is 14.2. The Kier molecular flexibility index (Phi) is 7.82. The van der Waals surface area contributed by atoms with Gasteiger partial charge in [0.2, 0.25) is 11.8 Å². The molecule has 2 rings (SSSR count). The largest absolute Gasteiger partial charge is 0.357 e. The Bertz CT molecular complexity index is 751. The van der Waals surface area contributed by atoms with Crippen LogP contribution in [-0.2, 0) is 16.1 Å². The van der Waals surface area contributed by atoms with E-state index < -0.39 is 6.04 Å². The fourth-order valence-corrected chi connectivity index (χ4v) is 3.71. The van der Waals surface area contributed by atoms with Crippen molar-refractivity contribution < 1.29 is 9.59 Å². The molecule has 0 saturated carbocycles. The normalized spacial score (nSPS) is 11.7. The third-order valence-corrected chi connectivity index (χ3v) is 5.61. The predicted molar refractivity (Wildman–Crippen MR) is 108 cm³/mol. The van der Waals surface area contributed by atoms with Gasteiger partial charge in [-0.2, -0.15) is 0 Å². The molecule has 0 unspecified atom stereocenters. The van der Waals surface area contributed by atoms with Crippen LogP contribution in [0.15, 0.2) is 53.4 Å². The minimum Gasteiger partial charge on any atom is -0.357 e. The van der Waals surface area contributed by atoms with Gasteiger partial charge in [-0.3, -0.25) is 9.59 Å². The minimum absolute atomic E-state index is 0.161. The number of likely N-dealkylation sites (N-methyl/N-ethyl adjacent to an activating group) is 1. The Balaban J connectivity index is 2.20. The topological polar surface area (TPSA) is 49.4 Å². The van der Waals surface area contributed by atoms with Crippen molar-refractivity contribution in [1.29, 1.82) is 0 Å². The molecule has 2 amide bonds. The first kappa shape index (κ1) is 20.6. The highest BCUT2D eigenvalue weighted by atomic mass is 35.5. The van der Waals surface area contributed by atoms with E-state index >= 15 is 0 Å². The van der Waals surface area contributed by atoms with Crippen molar-refractivity contribution in [2.24, 2.45) is 0 Å². The van der Waals surface area contributed by atoms with Crippen LogP contribution < -0.4 is 5.32 Å². The van der Waals surface area contributed by atoms with E-state index in [2.05, 4.69) is 5.32 Å². The second-order valence-corrected chi connectivity index (χ2v) is 7.48. The van der Waals surface area contributed by atoms with Crippen molar-refractivity contribution in [3.05, 3.63) is 64.1 Å². The maximum Gasteiger partial charge on any atom is 0.242 e. The maximum atomic E-state index is 12.8. The van der Waals surface area contributed by atoms with Crippen molar-refractivity contribution in [3.8, 4) is 0 Å². The van der Waals surface area contributed by atoms with Crippen molar-refractivity contribution in [1.82, 2.24) is 10.2 Å². The number of thioether (sulfide) groups is 1. The van der Waals surface area contributed by atoms with Gasteiger partial charge in [0.25, 0.3) is 0 Å². The highest BCUT2D eigenvalue weighted by Crippen LogP contribution is 2.27. The number of benzene rings is 2. The molecule has 1 atom stereocenters. The molecule has 0 aliphatic heterocycles. The zero-order valence-corrected chi connectivity index (χ0v) is 16.9. The third kappa shape index (κ3) is 5.40. The van der Waals surface area contributed by atoms with E-state index in [1.165, 1.54) is 16.7 Å². The van der Waals surface area contributed by atoms with E-state index in [0.717, 1.165) is 4.90 Å². The Morgan fingerprint density at radius 2 is 1.69 bits per heavy atom. The molecule has 1 N–H and O–H groups in total. The van der Waals surface area contributed by atoms with Crippen LogP contribution in [0.2, 0.25) is 10.0 Å². The first-order chi connectivity index (χ1) is 12.4. The molecule has 0 saturated heterocycles. The Morgan fingerprint density at radius 1 is 1.08 bits per heavy atom. The summed E-state index contributed by atoms with van der Waals surface area (Å²) >= 11 is 13.9. The van der Waals surface area contributed by atoms with Crippen molar-refractivity contribution >= 4 is 46.8 Å². The smallest absolute Gasteiger partial charge is 0.242 e. The van der Waals surface area contributed by atoms with E-state index in [0.29, 0.717) is 15.6 Å². The number of nitrogens with one attached hydrogen (secondary N) is 1. The zero-order chi connectivity index (χ0) is 19.1. The molecule has 0 heterocycles. The van der Waals surface area contributed by atoms with E-state index in [9.17, 15) is 9.59 Å². The van der Waals surface area contributed by atoms with E-state index in [1.54, 1.807) is 32.2 Å². The van der Waals surface area contributed by atoms with Crippen molar-refractivity contribution in [3.63, 3.8) is 0 Å². The predicted octanol–water partition coefficient (Wildman–Crippen LogP) is 4.25. The maximum absolute atomic E-state index is 12.8. The van der Waals surface area contributed by atoms with E-state index in [4.69, 9.17) is 23.2 Å². The summed E-state index contributed by atoms with van der Waals surface area (Å²) in [7, 11) is 1.54. The van der Waals surface area contributed by atoms with Crippen molar-refractivity contribution in [2.75, 3.05) is 12.8 Å². The van der Waals surface area contributed by atoms with Crippen LogP contribution in [0.5, 0.6) is 0 Å². The summed E-state index contributed by atoms with van der Waals surface area (Å²) in [6.07, 6.45) is 0. The van der Waals surface area contributed by atoms with Gasteiger partial charge in [-0.15, -0.1) is 11.8 Å². The van der Waals surface area contributed by atoms with Crippen LogP contribution in [0.25, 0.3) is 0 Å². The zero-order valence-electron chi connectivity index (χ0n) is 14.5. The van der Waals surface area contributed by atoms with Gasteiger partial charge in [0, 0.05) is 34.1 Å². The molecule has 0 spiro atoms. The number of rotatable bonds is 7. The van der Waals surface area contributed by atoms with Gasteiger partial charge in [0.15, 0.2) is 0 Å². The van der Waals surface area contributed by atoms with Gasteiger partial charge in [-0.25, -0.2) is 0 Å². The summed E-state index contributed by atoms with van der Waals surface area (Å²) < 4.78 is 0. The third-order valence-electron chi connectivity index (χ3n) is 3.91. The molecule has 2 aromatic carbocycles. The second kappa shape index (κ2) is 9.86. The molecule has 0 aliphatic rings. The van der Waals surface area contributed by atoms with E-state index in [-0.39, 0.29) is 24.1 Å². The van der Waals surface area contributed by atoms with Gasteiger partial charge in [-0.05, 0) is 31.2 Å². The summed E-state index contributed by atoms with van der Waals surface area (Å²) in [4.78, 5) is 27.5. The van der Waals surface area contributed by atoms with Crippen LogP contribution in [0.1, 0.15) is 12.5 Å². The number of amides is 2. The van der Waals surface area contributed by atoms with Crippen LogP contribution in [-0.4, -0.2) is 35.6 Å². The Morgan fingerprint density at radius 3 is 2.27 bits per heavy atom. The average Bonchev–Trinajstić information content (AvgIpc) is 2.65. The Hall–Kier alpha value is -1.69. The summed E-state index contributed by atoms with van der Waals surface area (Å²) in [6.45, 7) is 1.86. The second-order valence-electron chi connectivity index (χ2n) is 5.61. The van der Waals surface area contributed by atoms with E-state index in [1.807, 2.05) is 30.3 Å². The number of hydrogen-bond acceptors (Lipinski definition) is 3. The molecule has 0 aromatic heterocycles. The first-order valence-corrected chi connectivity index (χ1v) is 9.80. The molecular formula is C19H20Cl2N2O2S. The lowest BCUT2D eigenvalue weighted by Crippen LogP contribution is -2.47. The monoisotopic (exact) mass is 410 g/mol. The number of carbonyl (C=O) groups excluding carboxylic acids is 2. The molecule has 7 heteroatoms. The highest BCUT2D eigenvalue weighted by molar-refractivity contribution is 8.00. The standard InChI is InChI=1S/C19H20Cl2N2O2S/c1-13(19(25)22-2)23(11-15-16(20)9-6-10-17(15)21)18(24)12-26-14-7-4-3-5-8-14/h3-10,13H,11-12H2,1-2H3,(H,22,25)/t13-/m0/s1. The highest BCUT2D eigenvalue weighted by Gasteiger charge is 2.26.